The van der Waals surface area contributed by atoms with Crippen molar-refractivity contribution in [2.24, 2.45) is 0 Å². The van der Waals surface area contributed by atoms with Gasteiger partial charge >= 0.3 is 5.69 Å². The van der Waals surface area contributed by atoms with Gasteiger partial charge in [0.25, 0.3) is 0 Å². The van der Waals surface area contributed by atoms with E-state index in [0.717, 1.165) is 0 Å². The number of H-pyrrole nitrogens is 1. The van der Waals surface area contributed by atoms with Gasteiger partial charge in [-0.1, -0.05) is 5.92 Å². The lowest BCUT2D eigenvalue weighted by Crippen LogP contribution is -2.16. The van der Waals surface area contributed by atoms with Gasteiger partial charge in [0.1, 0.15) is 6.33 Å². The Morgan fingerprint density at radius 2 is 2.47 bits per heavy atom. The number of hydrogen-bond acceptors (Lipinski definition) is 4. The van der Waals surface area contributed by atoms with Gasteiger partial charge in [-0.2, -0.15) is 4.98 Å². The Hall–Kier alpha value is -2.29. The zero-order valence-electron chi connectivity index (χ0n) is 8.02. The molecule has 0 saturated carbocycles. The average molecular weight is 204 g/mol. The van der Waals surface area contributed by atoms with Crippen LogP contribution in [0, 0.1) is 12.3 Å². The van der Waals surface area contributed by atoms with Crippen molar-refractivity contribution >= 4 is 11.2 Å². The Kier molecular flexibility index (Phi) is 2.14. The van der Waals surface area contributed by atoms with E-state index in [1.165, 1.54) is 18.0 Å². The molecule has 2 heterocycles. The van der Waals surface area contributed by atoms with E-state index in [9.17, 15) is 4.79 Å². The summed E-state index contributed by atoms with van der Waals surface area (Å²) in [5.41, 5.74) is 0.590. The van der Waals surface area contributed by atoms with Crippen molar-refractivity contribution < 1.29 is 4.74 Å². The van der Waals surface area contributed by atoms with E-state index in [4.69, 9.17) is 11.2 Å². The van der Waals surface area contributed by atoms with Crippen molar-refractivity contribution in [2.75, 3.05) is 7.11 Å². The van der Waals surface area contributed by atoms with Crippen LogP contribution in [0.25, 0.3) is 11.2 Å². The van der Waals surface area contributed by atoms with Crippen LogP contribution in [0.4, 0.5) is 0 Å². The molecule has 0 aromatic carbocycles. The third-order valence-corrected chi connectivity index (χ3v) is 1.97. The molecule has 6 heteroatoms. The third kappa shape index (κ3) is 1.34. The van der Waals surface area contributed by atoms with Crippen LogP contribution in [-0.4, -0.2) is 26.6 Å². The first-order valence-corrected chi connectivity index (χ1v) is 4.19. The van der Waals surface area contributed by atoms with Gasteiger partial charge in [0.15, 0.2) is 11.2 Å². The number of aromatic nitrogens is 4. The summed E-state index contributed by atoms with van der Waals surface area (Å²) in [6.45, 7) is 0.155. The lowest BCUT2D eigenvalue weighted by atomic mass is 10.5. The van der Waals surface area contributed by atoms with Crippen molar-refractivity contribution in [3.8, 4) is 18.2 Å². The molecule has 0 bridgehead atoms. The number of hydrogen-bond donors (Lipinski definition) is 1. The predicted octanol–water partition coefficient (Wildman–Crippen LogP) is -0.239. The third-order valence-electron chi connectivity index (χ3n) is 1.97. The zero-order valence-corrected chi connectivity index (χ0v) is 8.02. The van der Waals surface area contributed by atoms with Crippen LogP contribution in [0.3, 0.4) is 0 Å². The SMILES string of the molecule is C#CCn1c(=O)[nH]c2ncnc(OC)c21. The minimum absolute atomic E-state index is 0.155. The van der Waals surface area contributed by atoms with Gasteiger partial charge in [-0.05, 0) is 0 Å². The molecular formula is C9H8N4O2. The molecule has 1 N–H and O–H groups in total. The van der Waals surface area contributed by atoms with Gasteiger partial charge in [-0.25, -0.2) is 9.78 Å². The van der Waals surface area contributed by atoms with Crippen molar-refractivity contribution in [1.82, 2.24) is 19.5 Å². The number of fused-ring (bicyclic) bond motifs is 1. The van der Waals surface area contributed by atoms with Crippen LogP contribution in [0.1, 0.15) is 0 Å². The number of nitrogens with one attached hydrogen (secondary N) is 1. The average Bonchev–Trinajstić information content (AvgIpc) is 2.56. The minimum atomic E-state index is -0.318. The monoisotopic (exact) mass is 204 g/mol. The summed E-state index contributed by atoms with van der Waals surface area (Å²) in [6, 6.07) is 0. The summed E-state index contributed by atoms with van der Waals surface area (Å²) >= 11 is 0. The zero-order chi connectivity index (χ0) is 10.8. The molecule has 6 nitrogen and oxygen atoms in total. The van der Waals surface area contributed by atoms with E-state index >= 15 is 0 Å². The predicted molar refractivity (Wildman–Crippen MR) is 53.5 cm³/mol. The minimum Gasteiger partial charge on any atom is -0.479 e. The lowest BCUT2D eigenvalue weighted by molar-refractivity contribution is 0.400. The molecule has 0 fully saturated rings. The second-order valence-electron chi connectivity index (χ2n) is 2.80. The molecule has 0 aliphatic heterocycles. The van der Waals surface area contributed by atoms with E-state index < -0.39 is 0 Å². The summed E-state index contributed by atoms with van der Waals surface area (Å²) in [7, 11) is 1.47. The standard InChI is InChI=1S/C9H8N4O2/c1-3-4-13-6-7(12-9(13)14)10-5-11-8(6)15-2/h1,5H,4H2,2H3,(H,10,11,12,14). The topological polar surface area (TPSA) is 72.8 Å². The molecule has 15 heavy (non-hydrogen) atoms. The largest absolute Gasteiger partial charge is 0.479 e. The van der Waals surface area contributed by atoms with Gasteiger partial charge in [0.2, 0.25) is 5.88 Å². The first-order valence-electron chi connectivity index (χ1n) is 4.19. The van der Waals surface area contributed by atoms with Crippen molar-refractivity contribution in [1.29, 1.82) is 0 Å². The molecule has 0 saturated heterocycles. The summed E-state index contributed by atoms with van der Waals surface area (Å²) in [6.07, 6.45) is 6.48. The molecular weight excluding hydrogens is 196 g/mol. The van der Waals surface area contributed by atoms with Crippen LogP contribution < -0.4 is 10.4 Å². The molecule has 0 aliphatic carbocycles. The van der Waals surface area contributed by atoms with Gasteiger partial charge in [-0.15, -0.1) is 6.42 Å². The smallest absolute Gasteiger partial charge is 0.328 e. The van der Waals surface area contributed by atoms with Crippen molar-refractivity contribution in [3.05, 3.63) is 16.8 Å². The molecule has 0 atom stereocenters. The second kappa shape index (κ2) is 3.46. The van der Waals surface area contributed by atoms with Crippen molar-refractivity contribution in [2.45, 2.75) is 6.54 Å². The van der Waals surface area contributed by atoms with Crippen molar-refractivity contribution in [3.63, 3.8) is 0 Å². The molecule has 76 valence electrons. The first-order chi connectivity index (χ1) is 7.27. The number of methoxy groups -OCH3 is 1. The summed E-state index contributed by atoms with van der Waals surface area (Å²) < 4.78 is 6.38. The number of ether oxygens (including phenoxy) is 1. The van der Waals surface area contributed by atoms with Crippen LogP contribution in [0.2, 0.25) is 0 Å². The highest BCUT2D eigenvalue weighted by molar-refractivity contribution is 5.76. The van der Waals surface area contributed by atoms with Gasteiger partial charge in [-0.3, -0.25) is 9.55 Å². The van der Waals surface area contributed by atoms with Crippen LogP contribution in [-0.2, 0) is 6.54 Å². The van der Waals surface area contributed by atoms with Crippen LogP contribution in [0.5, 0.6) is 5.88 Å². The maximum Gasteiger partial charge on any atom is 0.328 e. The fraction of sp³-hybridized carbons (Fsp3) is 0.222. The summed E-state index contributed by atoms with van der Waals surface area (Å²) in [5.74, 6) is 2.71. The summed E-state index contributed by atoms with van der Waals surface area (Å²) in [4.78, 5) is 21.9. The fourth-order valence-corrected chi connectivity index (χ4v) is 1.36. The van der Waals surface area contributed by atoms with Crippen LogP contribution >= 0.6 is 0 Å². The lowest BCUT2D eigenvalue weighted by Gasteiger charge is -2.01. The Bertz CT molecular complexity index is 590. The van der Waals surface area contributed by atoms with Crippen LogP contribution in [0.15, 0.2) is 11.1 Å². The number of nitrogens with zero attached hydrogens (tertiary/aromatic N) is 3. The maximum absolute atomic E-state index is 11.5. The number of terminal acetylenes is 1. The first kappa shape index (κ1) is 9.27. The van der Waals surface area contributed by atoms with E-state index in [0.29, 0.717) is 17.0 Å². The molecule has 0 radical (unpaired) electrons. The number of aromatic amines is 1. The van der Waals surface area contributed by atoms with Gasteiger partial charge in [0.05, 0.1) is 13.7 Å². The fourth-order valence-electron chi connectivity index (χ4n) is 1.36. The molecule has 2 rings (SSSR count). The molecule has 0 amide bonds. The maximum atomic E-state index is 11.5. The highest BCUT2D eigenvalue weighted by Crippen LogP contribution is 2.17. The molecule has 2 aromatic heterocycles. The Morgan fingerprint density at radius 3 is 3.13 bits per heavy atom. The molecule has 0 unspecified atom stereocenters. The van der Waals surface area contributed by atoms with Gasteiger partial charge < -0.3 is 4.74 Å². The van der Waals surface area contributed by atoms with Gasteiger partial charge in [0, 0.05) is 0 Å². The quantitative estimate of drug-likeness (QED) is 0.685. The van der Waals surface area contributed by atoms with E-state index in [1.54, 1.807) is 0 Å². The normalized spacial score (nSPS) is 10.1. The summed E-state index contributed by atoms with van der Waals surface area (Å²) in [5, 5.41) is 0. The Balaban J connectivity index is 2.84. The van der Waals surface area contributed by atoms with E-state index in [-0.39, 0.29) is 12.2 Å². The Labute approximate surface area is 84.9 Å². The second-order valence-corrected chi connectivity index (χ2v) is 2.80. The highest BCUT2D eigenvalue weighted by atomic mass is 16.5. The molecule has 2 aromatic rings. The number of rotatable bonds is 2. The Morgan fingerprint density at radius 1 is 1.67 bits per heavy atom. The van der Waals surface area contributed by atoms with E-state index in [2.05, 4.69) is 20.9 Å². The molecule has 0 aliphatic rings. The highest BCUT2D eigenvalue weighted by Gasteiger charge is 2.12. The van der Waals surface area contributed by atoms with E-state index in [1.807, 2.05) is 0 Å². The number of imidazole rings is 1. The molecule has 0 spiro atoms.